The van der Waals surface area contributed by atoms with Gasteiger partial charge < -0.3 is 14.7 Å². The van der Waals surface area contributed by atoms with Crippen molar-refractivity contribution in [1.29, 1.82) is 0 Å². The first-order valence-electron chi connectivity index (χ1n) is 9.32. The molecular formula is C22H27NO2. The highest BCUT2D eigenvalue weighted by Crippen LogP contribution is 2.45. The first kappa shape index (κ1) is 16.6. The van der Waals surface area contributed by atoms with E-state index in [2.05, 4.69) is 29.2 Å². The molecule has 3 heterocycles. The minimum Gasteiger partial charge on any atom is -0.497 e. The van der Waals surface area contributed by atoms with Gasteiger partial charge in [0.05, 0.1) is 12.7 Å². The standard InChI is InChI=1S/C22H27NO2/c1-25-20-9-7-19(8-10-20)22(24,15-17-5-3-2-4-6-17)21-16-23-13-11-18(21)12-14-23/h2-10,18,21,24H,11-16H2,1H3. The van der Waals surface area contributed by atoms with Crippen LogP contribution in [-0.2, 0) is 12.0 Å². The van der Waals surface area contributed by atoms with Crippen molar-refractivity contribution in [3.8, 4) is 5.75 Å². The number of rotatable bonds is 5. The molecule has 25 heavy (non-hydrogen) atoms. The van der Waals surface area contributed by atoms with Crippen LogP contribution in [0.4, 0.5) is 0 Å². The van der Waals surface area contributed by atoms with Crippen LogP contribution in [0, 0.1) is 11.8 Å². The van der Waals surface area contributed by atoms with Gasteiger partial charge in [0.25, 0.3) is 0 Å². The monoisotopic (exact) mass is 337 g/mol. The third-order valence-electron chi connectivity index (χ3n) is 6.18. The van der Waals surface area contributed by atoms with E-state index in [1.807, 2.05) is 30.3 Å². The lowest BCUT2D eigenvalue weighted by Crippen LogP contribution is -2.55. The van der Waals surface area contributed by atoms with Crippen molar-refractivity contribution in [3.63, 3.8) is 0 Å². The van der Waals surface area contributed by atoms with Crippen LogP contribution in [0.5, 0.6) is 5.75 Å². The number of piperidine rings is 3. The quantitative estimate of drug-likeness (QED) is 0.907. The van der Waals surface area contributed by atoms with E-state index in [0.29, 0.717) is 12.3 Å². The number of ether oxygens (including phenoxy) is 1. The molecule has 132 valence electrons. The van der Waals surface area contributed by atoms with Gasteiger partial charge in [0.2, 0.25) is 0 Å². The first-order chi connectivity index (χ1) is 12.2. The highest BCUT2D eigenvalue weighted by atomic mass is 16.5. The van der Waals surface area contributed by atoms with Crippen molar-refractivity contribution in [1.82, 2.24) is 4.90 Å². The summed E-state index contributed by atoms with van der Waals surface area (Å²) in [6.07, 6.45) is 3.07. The van der Waals surface area contributed by atoms with Crippen molar-refractivity contribution in [2.24, 2.45) is 11.8 Å². The molecule has 3 fully saturated rings. The molecule has 3 nitrogen and oxygen atoms in total. The molecule has 3 aliphatic rings. The Labute approximate surface area is 150 Å². The van der Waals surface area contributed by atoms with Crippen molar-refractivity contribution >= 4 is 0 Å². The summed E-state index contributed by atoms with van der Waals surface area (Å²) in [5.41, 5.74) is 1.37. The molecule has 5 rings (SSSR count). The summed E-state index contributed by atoms with van der Waals surface area (Å²) in [6, 6.07) is 18.4. The maximum atomic E-state index is 12.0. The molecule has 0 aliphatic carbocycles. The van der Waals surface area contributed by atoms with Crippen LogP contribution in [0.2, 0.25) is 0 Å². The molecule has 2 atom stereocenters. The number of methoxy groups -OCH3 is 1. The topological polar surface area (TPSA) is 32.7 Å². The second-order valence-corrected chi connectivity index (χ2v) is 7.56. The molecule has 0 radical (unpaired) electrons. The normalized spacial score (nSPS) is 27.7. The predicted molar refractivity (Wildman–Crippen MR) is 99.7 cm³/mol. The van der Waals surface area contributed by atoms with E-state index in [9.17, 15) is 5.11 Å². The van der Waals surface area contributed by atoms with Gasteiger partial charge in [-0.25, -0.2) is 0 Å². The van der Waals surface area contributed by atoms with Crippen molar-refractivity contribution in [2.45, 2.75) is 24.9 Å². The molecule has 2 aromatic rings. The van der Waals surface area contributed by atoms with Gasteiger partial charge in [0.1, 0.15) is 5.75 Å². The van der Waals surface area contributed by atoms with Crippen LogP contribution >= 0.6 is 0 Å². The van der Waals surface area contributed by atoms with Gasteiger partial charge in [0, 0.05) is 18.9 Å². The van der Waals surface area contributed by atoms with Gasteiger partial charge in [-0.15, -0.1) is 0 Å². The lowest BCUT2D eigenvalue weighted by atomic mass is 9.66. The third-order valence-corrected chi connectivity index (χ3v) is 6.18. The summed E-state index contributed by atoms with van der Waals surface area (Å²) in [5.74, 6) is 1.73. The fourth-order valence-electron chi connectivity index (χ4n) is 4.74. The first-order valence-corrected chi connectivity index (χ1v) is 9.32. The average Bonchev–Trinajstić information content (AvgIpc) is 2.69. The number of benzene rings is 2. The zero-order valence-electron chi connectivity index (χ0n) is 14.9. The fourth-order valence-corrected chi connectivity index (χ4v) is 4.74. The lowest BCUT2D eigenvalue weighted by molar-refractivity contribution is -0.101. The van der Waals surface area contributed by atoms with Crippen LogP contribution in [0.3, 0.4) is 0 Å². The Bertz CT molecular complexity index is 692. The van der Waals surface area contributed by atoms with Crippen molar-refractivity contribution in [3.05, 3.63) is 65.7 Å². The molecule has 2 bridgehead atoms. The largest absolute Gasteiger partial charge is 0.497 e. The maximum Gasteiger partial charge on any atom is 0.118 e. The smallest absolute Gasteiger partial charge is 0.118 e. The zero-order valence-corrected chi connectivity index (χ0v) is 14.9. The van der Waals surface area contributed by atoms with Gasteiger partial charge in [-0.1, -0.05) is 42.5 Å². The average molecular weight is 337 g/mol. The molecule has 2 unspecified atom stereocenters. The highest BCUT2D eigenvalue weighted by molar-refractivity contribution is 5.34. The summed E-state index contributed by atoms with van der Waals surface area (Å²) < 4.78 is 5.31. The minimum atomic E-state index is -0.836. The predicted octanol–water partition coefficient (Wildman–Crippen LogP) is 3.47. The molecule has 3 heteroatoms. The number of aliphatic hydroxyl groups is 1. The van der Waals surface area contributed by atoms with Crippen LogP contribution in [0.1, 0.15) is 24.0 Å². The Morgan fingerprint density at radius 1 is 1.04 bits per heavy atom. The molecule has 3 aliphatic heterocycles. The van der Waals surface area contributed by atoms with Crippen LogP contribution in [0.15, 0.2) is 54.6 Å². The number of fused-ring (bicyclic) bond motifs is 3. The molecule has 0 spiro atoms. The molecule has 0 amide bonds. The van der Waals surface area contributed by atoms with Crippen LogP contribution < -0.4 is 4.74 Å². The number of hydrogen-bond acceptors (Lipinski definition) is 3. The van der Waals surface area contributed by atoms with Crippen molar-refractivity contribution in [2.75, 3.05) is 26.7 Å². The Hall–Kier alpha value is -1.84. The fraction of sp³-hybridized carbons (Fsp3) is 0.455. The van der Waals surface area contributed by atoms with E-state index in [4.69, 9.17) is 4.74 Å². The highest BCUT2D eigenvalue weighted by Gasteiger charge is 2.47. The third kappa shape index (κ3) is 3.19. The van der Waals surface area contributed by atoms with Gasteiger partial charge in [-0.3, -0.25) is 0 Å². The van der Waals surface area contributed by atoms with Crippen LogP contribution in [0.25, 0.3) is 0 Å². The summed E-state index contributed by atoms with van der Waals surface area (Å²) in [4.78, 5) is 2.52. The van der Waals surface area contributed by atoms with E-state index in [1.165, 1.54) is 31.5 Å². The summed E-state index contributed by atoms with van der Waals surface area (Å²) in [6.45, 7) is 3.37. The molecular weight excluding hydrogens is 310 g/mol. The minimum absolute atomic E-state index is 0.281. The maximum absolute atomic E-state index is 12.0. The van der Waals surface area contributed by atoms with Gasteiger partial charge in [0.15, 0.2) is 0 Å². The van der Waals surface area contributed by atoms with E-state index in [1.54, 1.807) is 7.11 Å². The summed E-state index contributed by atoms with van der Waals surface area (Å²) in [7, 11) is 1.68. The SMILES string of the molecule is COc1ccc(C(O)(Cc2ccccc2)C2CN3CCC2CC3)cc1. The Kier molecular flexibility index (Phi) is 4.53. The van der Waals surface area contributed by atoms with Gasteiger partial charge >= 0.3 is 0 Å². The van der Waals surface area contributed by atoms with Crippen LogP contribution in [-0.4, -0.2) is 36.8 Å². The summed E-state index contributed by atoms with van der Waals surface area (Å²) >= 11 is 0. The zero-order chi connectivity index (χ0) is 17.3. The van der Waals surface area contributed by atoms with E-state index in [0.717, 1.165) is 17.9 Å². The van der Waals surface area contributed by atoms with E-state index >= 15 is 0 Å². The Morgan fingerprint density at radius 3 is 2.28 bits per heavy atom. The lowest BCUT2D eigenvalue weighted by Gasteiger charge is -2.51. The molecule has 2 aromatic carbocycles. The molecule has 0 saturated carbocycles. The number of hydrogen-bond donors (Lipinski definition) is 1. The van der Waals surface area contributed by atoms with E-state index < -0.39 is 5.60 Å². The summed E-state index contributed by atoms with van der Waals surface area (Å²) in [5, 5.41) is 12.0. The molecule has 1 N–H and O–H groups in total. The Morgan fingerprint density at radius 2 is 1.72 bits per heavy atom. The molecule has 3 saturated heterocycles. The van der Waals surface area contributed by atoms with Gasteiger partial charge in [-0.05, 0) is 55.1 Å². The van der Waals surface area contributed by atoms with E-state index in [-0.39, 0.29) is 5.92 Å². The molecule has 0 aromatic heterocycles. The van der Waals surface area contributed by atoms with Gasteiger partial charge in [-0.2, -0.15) is 0 Å². The second kappa shape index (κ2) is 6.81. The van der Waals surface area contributed by atoms with Crippen molar-refractivity contribution < 1.29 is 9.84 Å². The second-order valence-electron chi connectivity index (χ2n) is 7.56. The Balaban J connectivity index is 1.71. The number of nitrogens with zero attached hydrogens (tertiary/aromatic N) is 1.